The zero-order valence-electron chi connectivity index (χ0n) is 15.0. The maximum Gasteiger partial charge on any atom is 0.322 e. The number of nitrogens with one attached hydrogen (secondary N) is 2. The summed E-state index contributed by atoms with van der Waals surface area (Å²) in [6, 6.07) is 14.7. The van der Waals surface area contributed by atoms with E-state index >= 15 is 0 Å². The lowest BCUT2D eigenvalue weighted by Gasteiger charge is -2.21. The Kier molecular flexibility index (Phi) is 5.31. The van der Waals surface area contributed by atoms with Crippen LogP contribution in [0.5, 0.6) is 0 Å². The molecule has 2 N–H and O–H groups in total. The molecule has 6 nitrogen and oxygen atoms in total. The first-order valence-corrected chi connectivity index (χ1v) is 8.74. The summed E-state index contributed by atoms with van der Waals surface area (Å²) in [6.07, 6.45) is 0.835. The van der Waals surface area contributed by atoms with E-state index in [0.717, 1.165) is 17.7 Å². The van der Waals surface area contributed by atoms with Crippen LogP contribution in [0.4, 0.5) is 10.5 Å². The number of nitrogens with zero attached hydrogens (tertiary/aromatic N) is 2. The third-order valence-corrected chi connectivity index (χ3v) is 4.31. The summed E-state index contributed by atoms with van der Waals surface area (Å²) in [5.41, 5.74) is 2.31. The fourth-order valence-corrected chi connectivity index (χ4v) is 2.86. The summed E-state index contributed by atoms with van der Waals surface area (Å²) in [5.74, 6) is 0.467. The van der Waals surface area contributed by atoms with Crippen molar-refractivity contribution in [2.24, 2.45) is 0 Å². The Hall–Kier alpha value is -3.15. The number of H-pyrrole nitrogens is 1. The lowest BCUT2D eigenvalue weighted by atomic mass is 10.1. The second-order valence-electron chi connectivity index (χ2n) is 5.98. The second-order valence-corrected chi connectivity index (χ2v) is 5.98. The van der Waals surface area contributed by atoms with Crippen LogP contribution in [0.15, 0.2) is 53.3 Å². The number of aromatic nitrogens is 2. The number of aromatic amines is 1. The van der Waals surface area contributed by atoms with Crippen LogP contribution in [0.1, 0.15) is 25.2 Å². The minimum atomic E-state index is -0.218. The molecule has 0 bridgehead atoms. The van der Waals surface area contributed by atoms with E-state index < -0.39 is 0 Å². The number of fused-ring (bicyclic) bond motifs is 1. The van der Waals surface area contributed by atoms with E-state index in [1.54, 1.807) is 23.1 Å². The number of urea groups is 1. The molecule has 0 saturated carbocycles. The summed E-state index contributed by atoms with van der Waals surface area (Å²) in [7, 11) is 0. The highest BCUT2D eigenvalue weighted by Crippen LogP contribution is 2.16. The van der Waals surface area contributed by atoms with Crippen molar-refractivity contribution < 1.29 is 4.79 Å². The van der Waals surface area contributed by atoms with Gasteiger partial charge in [0.15, 0.2) is 0 Å². The lowest BCUT2D eigenvalue weighted by molar-refractivity contribution is 0.210. The minimum absolute atomic E-state index is 0.196. The molecule has 0 aliphatic carbocycles. The van der Waals surface area contributed by atoms with Crippen molar-refractivity contribution in [2.75, 3.05) is 11.9 Å². The van der Waals surface area contributed by atoms with E-state index in [4.69, 9.17) is 0 Å². The van der Waals surface area contributed by atoms with Gasteiger partial charge in [-0.2, -0.15) is 0 Å². The zero-order valence-corrected chi connectivity index (χ0v) is 15.0. The Morgan fingerprint density at radius 1 is 1.12 bits per heavy atom. The molecule has 6 heteroatoms. The van der Waals surface area contributed by atoms with Gasteiger partial charge in [-0.25, -0.2) is 9.78 Å². The molecule has 0 saturated heterocycles. The number of para-hydroxylation sites is 2. The minimum Gasteiger partial charge on any atom is -0.317 e. The van der Waals surface area contributed by atoms with Gasteiger partial charge in [0.25, 0.3) is 5.56 Å². The molecule has 0 atom stereocenters. The van der Waals surface area contributed by atoms with E-state index in [-0.39, 0.29) is 18.1 Å². The molecular formula is C20H22N4O2. The number of hydrogen-bond donors (Lipinski definition) is 2. The third kappa shape index (κ3) is 3.74. The smallest absolute Gasteiger partial charge is 0.317 e. The Morgan fingerprint density at radius 3 is 2.62 bits per heavy atom. The first-order chi connectivity index (χ1) is 12.6. The molecular weight excluding hydrogens is 328 g/mol. The van der Waals surface area contributed by atoms with Crippen molar-refractivity contribution in [3.8, 4) is 0 Å². The molecule has 0 radical (unpaired) electrons. The maximum atomic E-state index is 12.7. The molecule has 0 spiro atoms. The molecule has 134 valence electrons. The van der Waals surface area contributed by atoms with Crippen LogP contribution >= 0.6 is 0 Å². The van der Waals surface area contributed by atoms with Gasteiger partial charge in [0, 0.05) is 12.2 Å². The average molecular weight is 350 g/mol. The predicted molar refractivity (Wildman–Crippen MR) is 103 cm³/mol. The van der Waals surface area contributed by atoms with Crippen LogP contribution in [0.25, 0.3) is 10.9 Å². The van der Waals surface area contributed by atoms with Crippen LogP contribution < -0.4 is 10.9 Å². The summed E-state index contributed by atoms with van der Waals surface area (Å²) in [5, 5.41) is 3.49. The van der Waals surface area contributed by atoms with Crippen molar-refractivity contribution in [3.05, 3.63) is 70.3 Å². The third-order valence-electron chi connectivity index (χ3n) is 4.31. The highest BCUT2D eigenvalue weighted by molar-refractivity contribution is 5.90. The van der Waals surface area contributed by atoms with Gasteiger partial charge in [-0.3, -0.25) is 4.79 Å². The first-order valence-electron chi connectivity index (χ1n) is 8.74. The van der Waals surface area contributed by atoms with Crippen molar-refractivity contribution >= 4 is 22.6 Å². The molecule has 1 heterocycles. The van der Waals surface area contributed by atoms with E-state index in [1.165, 1.54) is 0 Å². The molecule has 2 amide bonds. The van der Waals surface area contributed by atoms with Gasteiger partial charge in [0.2, 0.25) is 0 Å². The molecule has 0 aliphatic heterocycles. The van der Waals surface area contributed by atoms with Gasteiger partial charge in [-0.1, -0.05) is 37.3 Å². The van der Waals surface area contributed by atoms with Crippen molar-refractivity contribution in [2.45, 2.75) is 26.8 Å². The molecule has 0 aliphatic rings. The number of benzene rings is 2. The van der Waals surface area contributed by atoms with Gasteiger partial charge in [0.1, 0.15) is 5.82 Å². The van der Waals surface area contributed by atoms with Crippen molar-refractivity contribution in [1.82, 2.24) is 14.9 Å². The van der Waals surface area contributed by atoms with Gasteiger partial charge < -0.3 is 15.2 Å². The topological polar surface area (TPSA) is 78.1 Å². The largest absolute Gasteiger partial charge is 0.322 e. The van der Waals surface area contributed by atoms with E-state index in [9.17, 15) is 9.59 Å². The van der Waals surface area contributed by atoms with Gasteiger partial charge in [-0.15, -0.1) is 0 Å². The number of rotatable bonds is 5. The van der Waals surface area contributed by atoms with E-state index in [2.05, 4.69) is 15.3 Å². The molecule has 3 rings (SSSR count). The Morgan fingerprint density at radius 2 is 1.85 bits per heavy atom. The Balaban J connectivity index is 1.81. The first kappa shape index (κ1) is 17.7. The average Bonchev–Trinajstić information content (AvgIpc) is 2.66. The highest BCUT2D eigenvalue weighted by Gasteiger charge is 2.15. The summed E-state index contributed by atoms with van der Waals surface area (Å²) >= 11 is 0. The fraction of sp³-hybridized carbons (Fsp3) is 0.250. The Labute approximate surface area is 151 Å². The fourth-order valence-electron chi connectivity index (χ4n) is 2.86. The summed E-state index contributed by atoms with van der Waals surface area (Å²) in [4.78, 5) is 33.7. The van der Waals surface area contributed by atoms with Gasteiger partial charge in [-0.05, 0) is 37.1 Å². The van der Waals surface area contributed by atoms with Crippen molar-refractivity contribution in [1.29, 1.82) is 0 Å². The van der Waals surface area contributed by atoms with Crippen LogP contribution in [-0.4, -0.2) is 27.4 Å². The molecule has 1 aromatic heterocycles. The normalized spacial score (nSPS) is 10.7. The standard InChI is InChI=1S/C20H22N4O2/c1-3-14-9-5-7-11-16(14)22-20(26)24(4-2)13-18-21-17-12-8-6-10-15(17)19(25)23-18/h5-12H,3-4,13H2,1-2H3,(H,22,26)(H,21,23,25). The Bertz CT molecular complexity index is 981. The summed E-state index contributed by atoms with van der Waals surface area (Å²) < 4.78 is 0. The monoisotopic (exact) mass is 350 g/mol. The zero-order chi connectivity index (χ0) is 18.5. The number of carbonyl (C=O) groups is 1. The quantitative estimate of drug-likeness (QED) is 0.739. The van der Waals surface area contributed by atoms with Crippen molar-refractivity contribution in [3.63, 3.8) is 0 Å². The molecule has 3 aromatic rings. The van der Waals surface area contributed by atoms with Crippen LogP contribution in [0, 0.1) is 0 Å². The maximum absolute atomic E-state index is 12.7. The molecule has 2 aromatic carbocycles. The highest BCUT2D eigenvalue weighted by atomic mass is 16.2. The van der Waals surface area contributed by atoms with Gasteiger partial charge in [0.05, 0.1) is 17.4 Å². The predicted octanol–water partition coefficient (Wildman–Crippen LogP) is 3.54. The van der Waals surface area contributed by atoms with E-state index in [0.29, 0.717) is 23.3 Å². The number of anilines is 1. The number of aryl methyl sites for hydroxylation is 1. The van der Waals surface area contributed by atoms with Crippen LogP contribution in [0.3, 0.4) is 0 Å². The molecule has 0 fully saturated rings. The van der Waals surface area contributed by atoms with Gasteiger partial charge >= 0.3 is 6.03 Å². The summed E-state index contributed by atoms with van der Waals surface area (Å²) in [6.45, 7) is 4.67. The SMILES string of the molecule is CCc1ccccc1NC(=O)N(CC)Cc1nc2ccccc2c(=O)[nH]1. The number of carbonyl (C=O) groups excluding carboxylic acids is 1. The van der Waals surface area contributed by atoms with E-state index in [1.807, 2.05) is 44.2 Å². The lowest BCUT2D eigenvalue weighted by Crippen LogP contribution is -2.35. The second kappa shape index (κ2) is 7.82. The molecule has 0 unspecified atom stereocenters. The van der Waals surface area contributed by atoms with Crippen LogP contribution in [0.2, 0.25) is 0 Å². The van der Waals surface area contributed by atoms with Crippen LogP contribution in [-0.2, 0) is 13.0 Å². The number of hydrogen-bond acceptors (Lipinski definition) is 3. The molecule has 26 heavy (non-hydrogen) atoms. The number of amides is 2.